The van der Waals surface area contributed by atoms with Crippen molar-refractivity contribution < 1.29 is 4.79 Å². The van der Waals surface area contributed by atoms with Crippen molar-refractivity contribution in [3.05, 3.63) is 12.3 Å². The Morgan fingerprint density at radius 3 is 2.42 bits per heavy atom. The van der Waals surface area contributed by atoms with Crippen LogP contribution in [0.5, 0.6) is 0 Å². The van der Waals surface area contributed by atoms with Crippen molar-refractivity contribution in [2.45, 2.75) is 19.8 Å². The predicted octanol–water partition coefficient (Wildman–Crippen LogP) is -0.630. The molecule has 5 nitrogen and oxygen atoms in total. The summed E-state index contributed by atoms with van der Waals surface area (Å²) in [7, 11) is 0. The Hall–Kier alpha value is -1.07. The number of amides is 1. The lowest BCUT2D eigenvalue weighted by molar-refractivity contribution is -0.125. The number of hydrazine groups is 2. The van der Waals surface area contributed by atoms with E-state index < -0.39 is 0 Å². The molecule has 0 heterocycles. The van der Waals surface area contributed by atoms with Crippen molar-refractivity contribution in [1.82, 2.24) is 10.9 Å². The van der Waals surface area contributed by atoms with Gasteiger partial charge in [-0.25, -0.2) is 5.84 Å². The van der Waals surface area contributed by atoms with E-state index in [1.54, 1.807) is 0 Å². The summed E-state index contributed by atoms with van der Waals surface area (Å²) < 4.78 is 0. The number of allylic oxidation sites excluding steroid dienone is 1. The zero-order valence-electron chi connectivity index (χ0n) is 7.26. The van der Waals surface area contributed by atoms with E-state index in [1.807, 2.05) is 6.92 Å². The highest BCUT2D eigenvalue weighted by Gasteiger charge is 2.15. The maximum Gasteiger partial charge on any atom is 0.237 e. The van der Waals surface area contributed by atoms with Gasteiger partial charge >= 0.3 is 0 Å². The van der Waals surface area contributed by atoms with Gasteiger partial charge in [-0.3, -0.25) is 16.1 Å². The van der Waals surface area contributed by atoms with Crippen LogP contribution >= 0.6 is 0 Å². The van der Waals surface area contributed by atoms with Gasteiger partial charge in [-0.15, -0.1) is 0 Å². The van der Waals surface area contributed by atoms with E-state index in [0.29, 0.717) is 18.5 Å². The summed E-state index contributed by atoms with van der Waals surface area (Å²) in [6.45, 7) is 5.53. The number of hydrogen-bond donors (Lipinski definition) is 4. The molecule has 1 amide bonds. The van der Waals surface area contributed by atoms with Crippen LogP contribution in [0.25, 0.3) is 0 Å². The third kappa shape index (κ3) is 3.36. The minimum absolute atomic E-state index is 0.154. The molecule has 0 aliphatic rings. The quantitative estimate of drug-likeness (QED) is 0.252. The number of hydrogen-bond acceptors (Lipinski definition) is 4. The molecular weight excluding hydrogens is 156 g/mol. The van der Waals surface area contributed by atoms with Gasteiger partial charge in [0.25, 0.3) is 0 Å². The second-order valence-electron chi connectivity index (χ2n) is 2.57. The molecule has 1 atom stereocenters. The van der Waals surface area contributed by atoms with Gasteiger partial charge in [-0.2, -0.15) is 0 Å². The van der Waals surface area contributed by atoms with E-state index in [2.05, 4.69) is 17.4 Å². The van der Waals surface area contributed by atoms with Crippen molar-refractivity contribution in [3.63, 3.8) is 0 Å². The molecule has 0 aliphatic heterocycles. The van der Waals surface area contributed by atoms with Gasteiger partial charge in [-0.05, 0) is 12.8 Å². The first-order valence-corrected chi connectivity index (χ1v) is 3.80. The zero-order chi connectivity index (χ0) is 9.56. The van der Waals surface area contributed by atoms with Crippen LogP contribution in [0.4, 0.5) is 0 Å². The Morgan fingerprint density at radius 1 is 1.50 bits per heavy atom. The summed E-state index contributed by atoms with van der Waals surface area (Å²) in [5.74, 6) is 9.75. The molecule has 0 radical (unpaired) electrons. The summed E-state index contributed by atoms with van der Waals surface area (Å²) >= 11 is 0. The highest BCUT2D eigenvalue weighted by Crippen LogP contribution is 2.11. The molecule has 0 saturated carbocycles. The topological polar surface area (TPSA) is 93.2 Å². The number of nitrogens with two attached hydrogens (primary N) is 2. The van der Waals surface area contributed by atoms with Gasteiger partial charge in [0.1, 0.15) is 0 Å². The molecule has 70 valence electrons. The monoisotopic (exact) mass is 172 g/mol. The average molecular weight is 172 g/mol. The van der Waals surface area contributed by atoms with Gasteiger partial charge in [0.05, 0.1) is 0 Å². The summed E-state index contributed by atoms with van der Waals surface area (Å²) in [6, 6.07) is 0. The van der Waals surface area contributed by atoms with Crippen LogP contribution in [0.1, 0.15) is 19.8 Å². The minimum Gasteiger partial charge on any atom is -0.329 e. The van der Waals surface area contributed by atoms with E-state index in [0.717, 1.165) is 0 Å². The Kier molecular flexibility index (Phi) is 5.07. The lowest BCUT2D eigenvalue weighted by Crippen LogP contribution is -2.36. The summed E-state index contributed by atoms with van der Waals surface area (Å²) in [4.78, 5) is 11.0. The third-order valence-corrected chi connectivity index (χ3v) is 1.70. The summed E-state index contributed by atoms with van der Waals surface area (Å²) in [5, 5.41) is 0. The molecule has 5 heteroatoms. The number of rotatable bonds is 5. The maximum atomic E-state index is 11.0. The first-order valence-electron chi connectivity index (χ1n) is 3.80. The van der Waals surface area contributed by atoms with E-state index >= 15 is 0 Å². The normalized spacial score (nSPS) is 11.9. The second kappa shape index (κ2) is 5.56. The van der Waals surface area contributed by atoms with Gasteiger partial charge < -0.3 is 5.43 Å². The standard InChI is InChI=1S/C7H16N4O/c1-3-6(7(12)11-9)4-5(2)10-8/h6,10H,2-4,8-9H2,1H3,(H,11,12). The average Bonchev–Trinajstić information content (AvgIpc) is 2.12. The summed E-state index contributed by atoms with van der Waals surface area (Å²) in [6.07, 6.45) is 1.22. The van der Waals surface area contributed by atoms with Crippen LogP contribution in [0.2, 0.25) is 0 Å². The Labute approximate surface area is 72.1 Å². The SMILES string of the molecule is C=C(CC(CC)C(=O)NN)NN. The van der Waals surface area contributed by atoms with E-state index in [-0.39, 0.29) is 11.8 Å². The highest BCUT2D eigenvalue weighted by atomic mass is 16.2. The first kappa shape index (κ1) is 10.9. The highest BCUT2D eigenvalue weighted by molar-refractivity contribution is 5.78. The molecule has 0 aromatic heterocycles. The fourth-order valence-corrected chi connectivity index (χ4v) is 0.897. The van der Waals surface area contributed by atoms with Crippen molar-refractivity contribution in [3.8, 4) is 0 Å². The van der Waals surface area contributed by atoms with E-state index in [4.69, 9.17) is 11.7 Å². The van der Waals surface area contributed by atoms with Crippen LogP contribution < -0.4 is 22.5 Å². The molecule has 0 aliphatic carbocycles. The fourth-order valence-electron chi connectivity index (χ4n) is 0.897. The van der Waals surface area contributed by atoms with Gasteiger partial charge in [0.15, 0.2) is 0 Å². The third-order valence-electron chi connectivity index (χ3n) is 1.70. The molecule has 0 fully saturated rings. The first-order chi connectivity index (χ1) is 5.65. The molecule has 1 unspecified atom stereocenters. The van der Waals surface area contributed by atoms with Crippen molar-refractivity contribution in [2.75, 3.05) is 0 Å². The molecule has 0 bridgehead atoms. The largest absolute Gasteiger partial charge is 0.329 e. The van der Waals surface area contributed by atoms with Gasteiger partial charge in [0.2, 0.25) is 5.91 Å². The minimum atomic E-state index is -0.186. The fraction of sp³-hybridized carbons (Fsp3) is 0.571. The van der Waals surface area contributed by atoms with Crippen molar-refractivity contribution >= 4 is 5.91 Å². The molecule has 0 spiro atoms. The Bertz CT molecular complexity index is 169. The number of carbonyl (C=O) groups excluding carboxylic acids is 1. The molecule has 0 rings (SSSR count). The molecule has 0 aromatic carbocycles. The summed E-state index contributed by atoms with van der Waals surface area (Å²) in [5.41, 5.74) is 5.12. The molecule has 0 aromatic rings. The zero-order valence-corrected chi connectivity index (χ0v) is 7.26. The van der Waals surface area contributed by atoms with Crippen LogP contribution in [0, 0.1) is 5.92 Å². The maximum absolute atomic E-state index is 11.0. The molecule has 0 saturated heterocycles. The Morgan fingerprint density at radius 2 is 2.08 bits per heavy atom. The van der Waals surface area contributed by atoms with E-state index in [1.165, 1.54) is 0 Å². The van der Waals surface area contributed by atoms with Crippen LogP contribution in [-0.2, 0) is 4.79 Å². The lowest BCUT2D eigenvalue weighted by Gasteiger charge is -2.13. The lowest BCUT2D eigenvalue weighted by atomic mass is 10.0. The number of carbonyl (C=O) groups is 1. The molecular formula is C7H16N4O. The van der Waals surface area contributed by atoms with Crippen molar-refractivity contribution in [1.29, 1.82) is 0 Å². The van der Waals surface area contributed by atoms with Crippen LogP contribution in [-0.4, -0.2) is 5.91 Å². The van der Waals surface area contributed by atoms with Crippen LogP contribution in [0.15, 0.2) is 12.3 Å². The molecule has 12 heavy (non-hydrogen) atoms. The van der Waals surface area contributed by atoms with Gasteiger partial charge in [0, 0.05) is 11.6 Å². The van der Waals surface area contributed by atoms with Crippen molar-refractivity contribution in [2.24, 2.45) is 17.6 Å². The second-order valence-corrected chi connectivity index (χ2v) is 2.57. The molecule has 6 N–H and O–H groups in total. The Balaban J connectivity index is 3.99. The predicted molar refractivity (Wildman–Crippen MR) is 47.2 cm³/mol. The van der Waals surface area contributed by atoms with E-state index in [9.17, 15) is 4.79 Å². The number of nitrogens with one attached hydrogen (secondary N) is 2. The van der Waals surface area contributed by atoms with Gasteiger partial charge in [-0.1, -0.05) is 13.5 Å². The van der Waals surface area contributed by atoms with Crippen LogP contribution in [0.3, 0.4) is 0 Å². The smallest absolute Gasteiger partial charge is 0.237 e.